The van der Waals surface area contributed by atoms with Crippen LogP contribution in [0.5, 0.6) is 11.5 Å². The number of hydrogen-bond acceptors (Lipinski definition) is 5. The Balaban J connectivity index is 2.25. The van der Waals surface area contributed by atoms with Crippen LogP contribution in [0.25, 0.3) is 0 Å². The molecule has 1 aromatic rings. The van der Waals surface area contributed by atoms with Crippen molar-refractivity contribution >= 4 is 11.9 Å². The van der Waals surface area contributed by atoms with Crippen molar-refractivity contribution in [1.82, 2.24) is 0 Å². The first-order chi connectivity index (χ1) is 10.1. The summed E-state index contributed by atoms with van der Waals surface area (Å²) in [5.74, 6) is -0.299. The molecule has 0 amide bonds. The molecule has 1 atom stereocenters. The Morgan fingerprint density at radius 3 is 2.67 bits per heavy atom. The van der Waals surface area contributed by atoms with Crippen LogP contribution in [0.1, 0.15) is 36.5 Å². The van der Waals surface area contributed by atoms with Gasteiger partial charge in [0.2, 0.25) is 0 Å². The fourth-order valence-electron chi connectivity index (χ4n) is 2.13. The van der Waals surface area contributed by atoms with Crippen LogP contribution in [-0.4, -0.2) is 25.2 Å². The Bertz CT molecular complexity index is 562. The van der Waals surface area contributed by atoms with Crippen molar-refractivity contribution < 1.29 is 23.8 Å². The molecule has 1 aromatic carbocycles. The van der Waals surface area contributed by atoms with E-state index in [1.54, 1.807) is 12.1 Å². The second-order valence-electron chi connectivity index (χ2n) is 4.76. The minimum absolute atomic E-state index is 0.0444. The molecular weight excluding hydrogens is 272 g/mol. The first-order valence-electron chi connectivity index (χ1n) is 6.84. The molecule has 0 N–H and O–H groups in total. The molecule has 0 aromatic heterocycles. The van der Waals surface area contributed by atoms with Crippen LogP contribution in [0.4, 0.5) is 0 Å². The van der Waals surface area contributed by atoms with E-state index in [1.807, 2.05) is 6.08 Å². The predicted molar refractivity (Wildman–Crippen MR) is 76.5 cm³/mol. The Morgan fingerprint density at radius 1 is 1.24 bits per heavy atom. The molecule has 5 nitrogen and oxygen atoms in total. The summed E-state index contributed by atoms with van der Waals surface area (Å²) >= 11 is 0. The zero-order chi connectivity index (χ0) is 15.2. The second kappa shape index (κ2) is 6.92. The van der Waals surface area contributed by atoms with Gasteiger partial charge in [-0.05, 0) is 43.5 Å². The number of allylic oxidation sites excluding steroid dienone is 1. The summed E-state index contributed by atoms with van der Waals surface area (Å²) in [4.78, 5) is 22.7. The van der Waals surface area contributed by atoms with Gasteiger partial charge in [-0.2, -0.15) is 0 Å². The molecule has 21 heavy (non-hydrogen) atoms. The molecule has 0 saturated carbocycles. The molecule has 0 saturated heterocycles. The van der Waals surface area contributed by atoms with Crippen LogP contribution < -0.4 is 9.47 Å². The third-order valence-electron chi connectivity index (χ3n) is 3.11. The van der Waals surface area contributed by atoms with Gasteiger partial charge in [-0.25, -0.2) is 4.79 Å². The van der Waals surface area contributed by atoms with Crippen molar-refractivity contribution in [3.05, 3.63) is 35.9 Å². The smallest absolute Gasteiger partial charge is 0.337 e. The Hall–Kier alpha value is -2.30. The highest BCUT2D eigenvalue weighted by atomic mass is 16.6. The molecule has 1 aliphatic rings. The largest absolute Gasteiger partial charge is 0.482 e. The Morgan fingerprint density at radius 2 is 2.05 bits per heavy atom. The van der Waals surface area contributed by atoms with E-state index >= 15 is 0 Å². The summed E-state index contributed by atoms with van der Waals surface area (Å²) in [5, 5.41) is 0. The van der Waals surface area contributed by atoms with Crippen LogP contribution in [0, 0.1) is 0 Å². The van der Waals surface area contributed by atoms with Crippen LogP contribution in [0.3, 0.4) is 0 Å². The number of rotatable bonds is 4. The van der Waals surface area contributed by atoms with E-state index in [4.69, 9.17) is 9.47 Å². The molecule has 5 heteroatoms. The summed E-state index contributed by atoms with van der Waals surface area (Å²) in [5.41, 5.74) is 0.306. The van der Waals surface area contributed by atoms with E-state index in [2.05, 4.69) is 10.8 Å². The quantitative estimate of drug-likeness (QED) is 0.485. The van der Waals surface area contributed by atoms with Gasteiger partial charge in [-0.15, -0.1) is 0 Å². The second-order valence-corrected chi connectivity index (χ2v) is 4.76. The van der Waals surface area contributed by atoms with Gasteiger partial charge in [0, 0.05) is 6.92 Å². The summed E-state index contributed by atoms with van der Waals surface area (Å²) in [7, 11) is 1.30. The highest BCUT2D eigenvalue weighted by Crippen LogP contribution is 2.31. The van der Waals surface area contributed by atoms with Crippen LogP contribution in [0.15, 0.2) is 30.4 Å². The number of methoxy groups -OCH3 is 1. The topological polar surface area (TPSA) is 61.8 Å². The standard InChI is InChI=1S/C16H18O5/c1-11(17)20-15-10-12(16(18)19-2)8-9-14(15)21-13-6-4-3-5-7-13/h4,6,8-10,13H,3,5,7H2,1-2H3. The molecule has 0 aliphatic heterocycles. The van der Waals surface area contributed by atoms with Gasteiger partial charge in [0.25, 0.3) is 0 Å². The summed E-state index contributed by atoms with van der Waals surface area (Å²) in [6.07, 6.45) is 7.05. The number of hydrogen-bond donors (Lipinski definition) is 0. The van der Waals surface area contributed by atoms with Crippen molar-refractivity contribution in [3.8, 4) is 11.5 Å². The molecule has 0 radical (unpaired) electrons. The maximum atomic E-state index is 11.5. The number of ether oxygens (including phenoxy) is 3. The Kier molecular flexibility index (Phi) is 4.98. The zero-order valence-electron chi connectivity index (χ0n) is 12.1. The molecule has 0 bridgehead atoms. The highest BCUT2D eigenvalue weighted by molar-refractivity contribution is 5.90. The van der Waals surface area contributed by atoms with Crippen LogP contribution in [-0.2, 0) is 9.53 Å². The number of carbonyl (C=O) groups excluding carboxylic acids is 2. The van der Waals surface area contributed by atoms with Gasteiger partial charge >= 0.3 is 11.9 Å². The van der Waals surface area contributed by atoms with E-state index < -0.39 is 11.9 Å². The molecule has 2 rings (SSSR count). The fourth-order valence-corrected chi connectivity index (χ4v) is 2.13. The molecular formula is C16H18O5. The number of esters is 2. The van der Waals surface area contributed by atoms with Crippen molar-refractivity contribution in [1.29, 1.82) is 0 Å². The number of carbonyl (C=O) groups is 2. The van der Waals surface area contributed by atoms with Gasteiger partial charge in [0.05, 0.1) is 12.7 Å². The summed E-state index contributed by atoms with van der Waals surface area (Å²) < 4.78 is 15.6. The minimum Gasteiger partial charge on any atom is -0.482 e. The van der Waals surface area contributed by atoms with E-state index in [1.165, 1.54) is 20.1 Å². The molecule has 112 valence electrons. The van der Waals surface area contributed by atoms with Gasteiger partial charge in [-0.1, -0.05) is 6.08 Å². The van der Waals surface area contributed by atoms with Crippen molar-refractivity contribution in [2.24, 2.45) is 0 Å². The first kappa shape index (κ1) is 15.1. The van der Waals surface area contributed by atoms with E-state index in [9.17, 15) is 9.59 Å². The normalized spacial score (nSPS) is 17.1. The minimum atomic E-state index is -0.493. The van der Waals surface area contributed by atoms with Crippen molar-refractivity contribution in [2.75, 3.05) is 7.11 Å². The summed E-state index contributed by atoms with van der Waals surface area (Å²) in [6, 6.07) is 4.66. The van der Waals surface area contributed by atoms with Crippen LogP contribution in [0.2, 0.25) is 0 Å². The first-order valence-corrected chi connectivity index (χ1v) is 6.84. The van der Waals surface area contributed by atoms with Crippen molar-refractivity contribution in [3.63, 3.8) is 0 Å². The maximum Gasteiger partial charge on any atom is 0.337 e. The average Bonchev–Trinajstić information content (AvgIpc) is 2.48. The third-order valence-corrected chi connectivity index (χ3v) is 3.11. The zero-order valence-corrected chi connectivity index (χ0v) is 12.1. The molecule has 0 heterocycles. The van der Waals surface area contributed by atoms with E-state index in [-0.39, 0.29) is 11.9 Å². The molecule has 1 unspecified atom stereocenters. The van der Waals surface area contributed by atoms with Gasteiger partial charge in [0.15, 0.2) is 11.5 Å². The molecule has 0 fully saturated rings. The molecule has 1 aliphatic carbocycles. The van der Waals surface area contributed by atoms with Gasteiger partial charge < -0.3 is 14.2 Å². The van der Waals surface area contributed by atoms with Crippen molar-refractivity contribution in [2.45, 2.75) is 32.3 Å². The molecule has 0 spiro atoms. The third kappa shape index (κ3) is 4.08. The lowest BCUT2D eigenvalue weighted by Crippen LogP contribution is -2.17. The monoisotopic (exact) mass is 290 g/mol. The lowest BCUT2D eigenvalue weighted by Gasteiger charge is -2.20. The SMILES string of the molecule is COC(=O)c1ccc(OC2C=CCCC2)c(OC(C)=O)c1. The Labute approximate surface area is 123 Å². The lowest BCUT2D eigenvalue weighted by atomic mass is 10.1. The van der Waals surface area contributed by atoms with Gasteiger partial charge in [0.1, 0.15) is 6.10 Å². The highest BCUT2D eigenvalue weighted by Gasteiger charge is 2.17. The van der Waals surface area contributed by atoms with Crippen LogP contribution >= 0.6 is 0 Å². The fraction of sp³-hybridized carbons (Fsp3) is 0.375. The van der Waals surface area contributed by atoms with E-state index in [0.717, 1.165) is 19.3 Å². The lowest BCUT2D eigenvalue weighted by molar-refractivity contribution is -0.132. The van der Waals surface area contributed by atoms with Gasteiger partial charge in [-0.3, -0.25) is 4.79 Å². The average molecular weight is 290 g/mol. The number of benzene rings is 1. The summed E-state index contributed by atoms with van der Waals surface area (Å²) in [6.45, 7) is 1.30. The van der Waals surface area contributed by atoms with E-state index in [0.29, 0.717) is 11.3 Å². The maximum absolute atomic E-state index is 11.5. The predicted octanol–water partition coefficient (Wildman–Crippen LogP) is 2.89.